The van der Waals surface area contributed by atoms with Crippen molar-refractivity contribution in [2.45, 2.75) is 65.5 Å². The molecule has 1 saturated heterocycles. The Balaban J connectivity index is 1.50. The number of halogens is 1. The summed E-state index contributed by atoms with van der Waals surface area (Å²) in [6.07, 6.45) is 0.194. The van der Waals surface area contributed by atoms with Gasteiger partial charge in [0.05, 0.1) is 18.8 Å². The quantitative estimate of drug-likeness (QED) is 0.236. The van der Waals surface area contributed by atoms with Gasteiger partial charge in [-0.15, -0.1) is 0 Å². The fourth-order valence-electron chi connectivity index (χ4n) is 4.51. The zero-order valence-electron chi connectivity index (χ0n) is 24.0. The second kappa shape index (κ2) is 13.2. The van der Waals surface area contributed by atoms with Crippen molar-refractivity contribution >= 4 is 13.7 Å². The number of nitrogens with zero attached hydrogens (tertiary/aromatic N) is 1. The number of H-pyrrole nitrogens is 1. The molecule has 2 heterocycles. The number of carbonyl (C=O) groups excluding carboxylic acids is 1. The van der Waals surface area contributed by atoms with Crippen molar-refractivity contribution in [3.05, 3.63) is 86.9 Å². The summed E-state index contributed by atoms with van der Waals surface area (Å²) in [6.45, 7) is 8.24. The molecule has 4 rings (SSSR count). The Morgan fingerprint density at radius 1 is 1.14 bits per heavy atom. The van der Waals surface area contributed by atoms with Gasteiger partial charge < -0.3 is 14.0 Å². The molecule has 226 valence electrons. The fraction of sp³-hybridized carbons (Fsp3) is 0.414. The van der Waals surface area contributed by atoms with Gasteiger partial charge >= 0.3 is 19.4 Å². The summed E-state index contributed by atoms with van der Waals surface area (Å²) in [5.74, 6) is -0.912. The van der Waals surface area contributed by atoms with Gasteiger partial charge in [0.2, 0.25) is 0 Å². The molecule has 1 fully saturated rings. The number of hydrogen-bond acceptors (Lipinski definition) is 8. The van der Waals surface area contributed by atoms with Crippen LogP contribution in [0.25, 0.3) is 11.1 Å². The average Bonchev–Trinajstić information content (AvgIpc) is 3.29. The molecular formula is C29H35FN3O8P. The molecule has 1 unspecified atom stereocenters. The molecule has 3 aromatic rings. The second-order valence-corrected chi connectivity index (χ2v) is 12.3. The summed E-state index contributed by atoms with van der Waals surface area (Å²) in [7, 11) is -4.18. The predicted octanol–water partition coefficient (Wildman–Crippen LogP) is 4.71. The maximum atomic E-state index is 14.1. The van der Waals surface area contributed by atoms with E-state index in [-0.39, 0.29) is 30.2 Å². The van der Waals surface area contributed by atoms with Crippen molar-refractivity contribution in [2.24, 2.45) is 5.92 Å². The highest BCUT2D eigenvalue weighted by Gasteiger charge is 2.38. The van der Waals surface area contributed by atoms with E-state index in [0.29, 0.717) is 17.5 Å². The lowest BCUT2D eigenvalue weighted by atomic mass is 10.0. The molecule has 0 spiro atoms. The summed E-state index contributed by atoms with van der Waals surface area (Å²) in [6, 6.07) is 11.6. The molecule has 13 heteroatoms. The van der Waals surface area contributed by atoms with Crippen LogP contribution in [-0.4, -0.2) is 40.4 Å². The maximum absolute atomic E-state index is 14.1. The molecule has 11 nitrogen and oxygen atoms in total. The van der Waals surface area contributed by atoms with E-state index in [1.54, 1.807) is 57.2 Å². The van der Waals surface area contributed by atoms with Gasteiger partial charge in [0.1, 0.15) is 23.8 Å². The Labute approximate surface area is 242 Å². The monoisotopic (exact) mass is 603 g/mol. The smallest absolute Gasteiger partial charge is 0.459 e. The standard InChI is InChI=1S/C29H35FN3O8P/c1-17(2)39-28(35)20(5)32-42(37,41-23-10-8-21(9-11-23)22-7-6-18(3)25(30)15-22)38-16-24-14-19(4)27(40-24)33-13-12-26(34)31-29(33)36/h6-13,15,17,19-20,24,27H,14,16H2,1-5H3,(H,32,37)(H,31,34,36)/t19-,20-,24-,27+,42?/m0/s1. The van der Waals surface area contributed by atoms with Crippen LogP contribution in [0.3, 0.4) is 0 Å². The van der Waals surface area contributed by atoms with Crippen molar-refractivity contribution in [3.63, 3.8) is 0 Å². The molecular weight excluding hydrogens is 568 g/mol. The predicted molar refractivity (Wildman–Crippen MR) is 154 cm³/mol. The van der Waals surface area contributed by atoms with E-state index in [1.807, 2.05) is 6.92 Å². The topological polar surface area (TPSA) is 138 Å². The molecule has 42 heavy (non-hydrogen) atoms. The third-order valence-electron chi connectivity index (χ3n) is 6.65. The van der Waals surface area contributed by atoms with Crippen LogP contribution in [0.4, 0.5) is 4.39 Å². The van der Waals surface area contributed by atoms with E-state index < -0.39 is 43.3 Å². The number of esters is 1. The number of nitrogens with one attached hydrogen (secondary N) is 2. The van der Waals surface area contributed by atoms with Gasteiger partial charge in [0.15, 0.2) is 0 Å². The molecule has 1 aliphatic heterocycles. The zero-order chi connectivity index (χ0) is 30.6. The molecule has 1 aliphatic rings. The first-order chi connectivity index (χ1) is 19.8. The molecule has 5 atom stereocenters. The Morgan fingerprint density at radius 2 is 1.83 bits per heavy atom. The largest absolute Gasteiger partial charge is 0.462 e. The van der Waals surface area contributed by atoms with Gasteiger partial charge in [-0.3, -0.25) is 23.7 Å². The lowest BCUT2D eigenvalue weighted by molar-refractivity contribution is -0.149. The number of aryl methyl sites for hydroxylation is 1. The van der Waals surface area contributed by atoms with Crippen LogP contribution < -0.4 is 20.9 Å². The minimum absolute atomic E-state index is 0.130. The third kappa shape index (κ3) is 7.83. The molecule has 0 aliphatic carbocycles. The highest BCUT2D eigenvalue weighted by molar-refractivity contribution is 7.52. The SMILES string of the molecule is Cc1ccc(-c2ccc(OP(=O)(N[C@@H](C)C(=O)OC(C)C)OC[C@@H]3C[C@H](C)[C@H](n4ccc(=O)[nH]c4=O)O3)cc2)cc1F. The Kier molecular flexibility index (Phi) is 9.83. The average molecular weight is 604 g/mol. The Morgan fingerprint density at radius 3 is 2.48 bits per heavy atom. The number of rotatable bonds is 11. The molecule has 0 amide bonds. The van der Waals surface area contributed by atoms with Crippen molar-refractivity contribution < 1.29 is 32.3 Å². The Bertz CT molecular complexity index is 1570. The Hall–Kier alpha value is -3.57. The lowest BCUT2D eigenvalue weighted by Gasteiger charge is -2.24. The third-order valence-corrected chi connectivity index (χ3v) is 8.29. The minimum Gasteiger partial charge on any atom is -0.462 e. The van der Waals surface area contributed by atoms with Crippen LogP contribution in [0.1, 0.15) is 45.9 Å². The molecule has 2 N–H and O–H groups in total. The summed E-state index contributed by atoms with van der Waals surface area (Å²) in [4.78, 5) is 38.4. The number of ether oxygens (including phenoxy) is 2. The highest BCUT2D eigenvalue weighted by atomic mass is 31.2. The molecule has 2 aromatic carbocycles. The number of carbonyl (C=O) groups is 1. The summed E-state index contributed by atoms with van der Waals surface area (Å²) in [5.41, 5.74) is 0.790. The lowest BCUT2D eigenvalue weighted by Crippen LogP contribution is -2.36. The number of aromatic nitrogens is 2. The first-order valence-corrected chi connectivity index (χ1v) is 15.1. The number of benzene rings is 2. The van der Waals surface area contributed by atoms with Crippen LogP contribution in [0, 0.1) is 18.7 Å². The van der Waals surface area contributed by atoms with Crippen molar-refractivity contribution in [1.82, 2.24) is 14.6 Å². The van der Waals surface area contributed by atoms with Gasteiger partial charge in [-0.2, -0.15) is 5.09 Å². The van der Waals surface area contributed by atoms with Crippen molar-refractivity contribution in [3.8, 4) is 16.9 Å². The highest BCUT2D eigenvalue weighted by Crippen LogP contribution is 2.46. The molecule has 0 bridgehead atoms. The first kappa shape index (κ1) is 31.4. The summed E-state index contributed by atoms with van der Waals surface area (Å²) >= 11 is 0. The second-order valence-electron chi connectivity index (χ2n) is 10.6. The maximum Gasteiger partial charge on any atom is 0.459 e. The van der Waals surface area contributed by atoms with Crippen molar-refractivity contribution in [2.75, 3.05) is 6.61 Å². The normalized spacial score (nSPS) is 20.7. The van der Waals surface area contributed by atoms with Gasteiger partial charge in [0.25, 0.3) is 5.56 Å². The van der Waals surface area contributed by atoms with E-state index in [0.717, 1.165) is 5.56 Å². The van der Waals surface area contributed by atoms with E-state index >= 15 is 0 Å². The molecule has 1 aromatic heterocycles. The van der Waals surface area contributed by atoms with E-state index in [1.165, 1.54) is 29.8 Å². The zero-order valence-corrected chi connectivity index (χ0v) is 24.9. The summed E-state index contributed by atoms with van der Waals surface area (Å²) in [5, 5.41) is 2.64. The summed E-state index contributed by atoms with van der Waals surface area (Å²) < 4.78 is 52.0. The van der Waals surface area contributed by atoms with Gasteiger partial charge in [-0.05, 0) is 69.0 Å². The van der Waals surface area contributed by atoms with Gasteiger partial charge in [0, 0.05) is 18.2 Å². The van der Waals surface area contributed by atoms with Gasteiger partial charge in [-0.1, -0.05) is 31.2 Å². The van der Waals surface area contributed by atoms with Crippen molar-refractivity contribution in [1.29, 1.82) is 0 Å². The first-order valence-electron chi connectivity index (χ1n) is 13.6. The van der Waals surface area contributed by atoms with Crippen LogP contribution in [0.5, 0.6) is 5.75 Å². The number of hydrogen-bond donors (Lipinski definition) is 2. The van der Waals surface area contributed by atoms with Gasteiger partial charge in [-0.25, -0.2) is 13.8 Å². The number of aromatic amines is 1. The van der Waals surface area contributed by atoms with E-state index in [4.69, 9.17) is 18.5 Å². The van der Waals surface area contributed by atoms with E-state index in [9.17, 15) is 23.3 Å². The fourth-order valence-corrected chi connectivity index (χ4v) is 6.03. The van der Waals surface area contributed by atoms with E-state index in [2.05, 4.69) is 10.1 Å². The van der Waals surface area contributed by atoms with Crippen LogP contribution >= 0.6 is 7.75 Å². The van der Waals surface area contributed by atoms with Crippen LogP contribution in [0.15, 0.2) is 64.3 Å². The molecule has 0 radical (unpaired) electrons. The minimum atomic E-state index is -4.18. The van der Waals surface area contributed by atoms with Crippen LogP contribution in [-0.2, 0) is 23.4 Å². The molecule has 0 saturated carbocycles. The van der Waals surface area contributed by atoms with Crippen LogP contribution in [0.2, 0.25) is 0 Å².